The number of imidazole rings is 1. The lowest BCUT2D eigenvalue weighted by Crippen LogP contribution is -2.42. The molecule has 1 aromatic carbocycles. The van der Waals surface area contributed by atoms with Crippen LogP contribution in [0.1, 0.15) is 38.1 Å². The van der Waals surface area contributed by atoms with Crippen LogP contribution in [0.4, 0.5) is 0 Å². The van der Waals surface area contributed by atoms with Crippen LogP contribution < -0.4 is 0 Å². The fourth-order valence-corrected chi connectivity index (χ4v) is 3.42. The van der Waals surface area contributed by atoms with Gasteiger partial charge in [0.25, 0.3) is 0 Å². The molecule has 1 fully saturated rings. The molecule has 2 heterocycles. The number of nitrogens with one attached hydrogen (secondary N) is 1. The lowest BCUT2D eigenvalue weighted by molar-refractivity contribution is -0.134. The van der Waals surface area contributed by atoms with E-state index in [9.17, 15) is 4.79 Å². The minimum Gasteiger partial charge on any atom is -0.340 e. The van der Waals surface area contributed by atoms with E-state index in [2.05, 4.69) is 22.1 Å². The molecule has 1 aromatic heterocycles. The Kier molecular flexibility index (Phi) is 5.06. The van der Waals surface area contributed by atoms with Crippen molar-refractivity contribution in [2.24, 2.45) is 0 Å². The predicted molar refractivity (Wildman–Crippen MR) is 95.3 cm³/mol. The first kappa shape index (κ1) is 16.1. The number of H-pyrrole nitrogens is 1. The van der Waals surface area contributed by atoms with Crippen molar-refractivity contribution in [1.82, 2.24) is 14.9 Å². The lowest BCUT2D eigenvalue weighted by Gasteiger charge is -2.36. The van der Waals surface area contributed by atoms with Crippen molar-refractivity contribution in [3.05, 3.63) is 42.4 Å². The fourth-order valence-electron chi connectivity index (χ4n) is 3.08. The van der Waals surface area contributed by atoms with E-state index < -0.39 is 0 Å². The summed E-state index contributed by atoms with van der Waals surface area (Å²) in [4.78, 5) is 22.7. The van der Waals surface area contributed by atoms with Gasteiger partial charge < -0.3 is 9.88 Å². The molecule has 1 aliphatic rings. The number of nitrogens with zero attached hydrogens (tertiary/aromatic N) is 2. The first-order valence-electron chi connectivity index (χ1n) is 8.14. The molecule has 2 unspecified atom stereocenters. The van der Waals surface area contributed by atoms with E-state index in [0.29, 0.717) is 0 Å². The standard InChI is InChI=1S/C18H23N3OS/c1-13(23-2)18(22)21-11-7-6-10-16(21)17-19-12-15(20-17)14-8-4-3-5-9-14/h3-5,8-9,12-13,16H,6-7,10-11H2,1-2H3,(H,19,20). The molecule has 0 bridgehead atoms. The highest BCUT2D eigenvalue weighted by atomic mass is 32.2. The second kappa shape index (κ2) is 7.21. The number of hydrogen-bond acceptors (Lipinski definition) is 3. The van der Waals surface area contributed by atoms with Crippen molar-refractivity contribution < 1.29 is 4.79 Å². The van der Waals surface area contributed by atoms with E-state index in [1.54, 1.807) is 11.8 Å². The maximum absolute atomic E-state index is 12.7. The first-order valence-corrected chi connectivity index (χ1v) is 9.43. The van der Waals surface area contributed by atoms with Gasteiger partial charge in [-0.15, -0.1) is 0 Å². The van der Waals surface area contributed by atoms with Gasteiger partial charge in [0.15, 0.2) is 0 Å². The quantitative estimate of drug-likeness (QED) is 0.926. The molecule has 0 spiro atoms. The Hall–Kier alpha value is -1.75. The van der Waals surface area contributed by atoms with Crippen LogP contribution in [0.3, 0.4) is 0 Å². The Bertz CT molecular complexity index is 655. The first-order chi connectivity index (χ1) is 11.2. The van der Waals surface area contributed by atoms with Crippen LogP contribution in [0, 0.1) is 0 Å². The Morgan fingerprint density at radius 1 is 1.35 bits per heavy atom. The van der Waals surface area contributed by atoms with Gasteiger partial charge in [-0.2, -0.15) is 11.8 Å². The third kappa shape index (κ3) is 3.44. The molecule has 122 valence electrons. The number of benzene rings is 1. The van der Waals surface area contributed by atoms with Crippen LogP contribution >= 0.6 is 11.8 Å². The highest BCUT2D eigenvalue weighted by Gasteiger charge is 2.32. The zero-order valence-corrected chi connectivity index (χ0v) is 14.5. The number of aromatic amines is 1. The molecular weight excluding hydrogens is 306 g/mol. The van der Waals surface area contributed by atoms with Crippen LogP contribution in [0.5, 0.6) is 0 Å². The highest BCUT2D eigenvalue weighted by molar-refractivity contribution is 7.99. The third-order valence-corrected chi connectivity index (χ3v) is 5.39. The van der Waals surface area contributed by atoms with Crippen molar-refractivity contribution in [1.29, 1.82) is 0 Å². The lowest BCUT2D eigenvalue weighted by atomic mass is 10.0. The van der Waals surface area contributed by atoms with Crippen LogP contribution in [0.2, 0.25) is 0 Å². The number of carbonyl (C=O) groups is 1. The van der Waals surface area contributed by atoms with Crippen LogP contribution in [0.25, 0.3) is 11.3 Å². The number of amides is 1. The fraction of sp³-hybridized carbons (Fsp3) is 0.444. The molecule has 0 aliphatic carbocycles. The molecule has 3 rings (SSSR count). The van der Waals surface area contributed by atoms with Crippen molar-refractivity contribution in [2.75, 3.05) is 12.8 Å². The number of likely N-dealkylation sites (tertiary alicyclic amines) is 1. The van der Waals surface area contributed by atoms with E-state index in [1.165, 1.54) is 0 Å². The second-order valence-corrected chi connectivity index (χ2v) is 7.15. The second-order valence-electron chi connectivity index (χ2n) is 5.97. The van der Waals surface area contributed by atoms with Gasteiger partial charge in [0.2, 0.25) is 5.91 Å². The van der Waals surface area contributed by atoms with Gasteiger partial charge in [-0.25, -0.2) is 4.98 Å². The molecule has 1 aliphatic heterocycles. The van der Waals surface area contributed by atoms with Crippen LogP contribution in [-0.4, -0.2) is 38.8 Å². The van der Waals surface area contributed by atoms with E-state index in [-0.39, 0.29) is 17.2 Å². The number of aromatic nitrogens is 2. The number of piperidine rings is 1. The molecule has 1 amide bonds. The Morgan fingerprint density at radius 2 is 2.13 bits per heavy atom. The minimum absolute atomic E-state index is 0.000781. The molecular formula is C18H23N3OS. The molecule has 1 N–H and O–H groups in total. The van der Waals surface area contributed by atoms with Gasteiger partial charge in [0.05, 0.1) is 23.2 Å². The third-order valence-electron chi connectivity index (χ3n) is 4.48. The summed E-state index contributed by atoms with van der Waals surface area (Å²) in [6.07, 6.45) is 7.06. The predicted octanol–water partition coefficient (Wildman–Crippen LogP) is 3.88. The zero-order chi connectivity index (χ0) is 16.2. The van der Waals surface area contributed by atoms with Gasteiger partial charge in [-0.3, -0.25) is 4.79 Å². The Labute approximate surface area is 141 Å². The van der Waals surface area contributed by atoms with Crippen molar-refractivity contribution >= 4 is 17.7 Å². The maximum atomic E-state index is 12.7. The number of thioether (sulfide) groups is 1. The van der Waals surface area contributed by atoms with E-state index in [1.807, 2.05) is 42.5 Å². The van der Waals surface area contributed by atoms with E-state index in [4.69, 9.17) is 0 Å². The minimum atomic E-state index is -0.000781. The molecule has 4 nitrogen and oxygen atoms in total. The molecule has 5 heteroatoms. The summed E-state index contributed by atoms with van der Waals surface area (Å²) < 4.78 is 0. The normalized spacial score (nSPS) is 19.6. The summed E-state index contributed by atoms with van der Waals surface area (Å²) in [5.41, 5.74) is 2.13. The monoisotopic (exact) mass is 329 g/mol. The summed E-state index contributed by atoms with van der Waals surface area (Å²) in [7, 11) is 0. The number of carbonyl (C=O) groups excluding carboxylic acids is 1. The topological polar surface area (TPSA) is 49.0 Å². The zero-order valence-electron chi connectivity index (χ0n) is 13.7. The molecule has 2 aromatic rings. The Morgan fingerprint density at radius 3 is 2.87 bits per heavy atom. The summed E-state index contributed by atoms with van der Waals surface area (Å²) in [6, 6.07) is 10.3. The summed E-state index contributed by atoms with van der Waals surface area (Å²) in [6.45, 7) is 2.81. The smallest absolute Gasteiger partial charge is 0.236 e. The molecule has 2 atom stereocenters. The van der Waals surface area contributed by atoms with Gasteiger partial charge >= 0.3 is 0 Å². The van der Waals surface area contributed by atoms with Crippen LogP contribution in [-0.2, 0) is 4.79 Å². The van der Waals surface area contributed by atoms with Gasteiger partial charge in [-0.1, -0.05) is 30.3 Å². The maximum Gasteiger partial charge on any atom is 0.236 e. The van der Waals surface area contributed by atoms with E-state index >= 15 is 0 Å². The molecule has 1 saturated heterocycles. The van der Waals surface area contributed by atoms with Crippen molar-refractivity contribution in [3.8, 4) is 11.3 Å². The number of hydrogen-bond donors (Lipinski definition) is 1. The average molecular weight is 329 g/mol. The number of rotatable bonds is 4. The van der Waals surface area contributed by atoms with E-state index in [0.717, 1.165) is 42.9 Å². The van der Waals surface area contributed by atoms with Crippen LogP contribution in [0.15, 0.2) is 36.5 Å². The average Bonchev–Trinajstić information content (AvgIpc) is 3.11. The molecule has 23 heavy (non-hydrogen) atoms. The Balaban J connectivity index is 1.84. The summed E-state index contributed by atoms with van der Waals surface area (Å²) >= 11 is 1.60. The molecule has 0 saturated carbocycles. The van der Waals surface area contributed by atoms with Crippen molar-refractivity contribution in [3.63, 3.8) is 0 Å². The largest absolute Gasteiger partial charge is 0.340 e. The summed E-state index contributed by atoms with van der Waals surface area (Å²) in [5, 5.41) is -0.000781. The van der Waals surface area contributed by atoms with Gasteiger partial charge in [-0.05, 0) is 38.0 Å². The highest BCUT2D eigenvalue weighted by Crippen LogP contribution is 2.32. The van der Waals surface area contributed by atoms with Gasteiger partial charge in [0, 0.05) is 6.54 Å². The van der Waals surface area contributed by atoms with Crippen molar-refractivity contribution in [2.45, 2.75) is 37.5 Å². The van der Waals surface area contributed by atoms with Gasteiger partial charge in [0.1, 0.15) is 5.82 Å². The summed E-state index contributed by atoms with van der Waals surface area (Å²) in [5.74, 6) is 1.13. The molecule has 0 radical (unpaired) electrons. The SMILES string of the molecule is CSC(C)C(=O)N1CCCCC1c1ncc(-c2ccccc2)[nH]1.